The van der Waals surface area contributed by atoms with Crippen LogP contribution in [0.1, 0.15) is 12.8 Å². The molecule has 1 aromatic carbocycles. The monoisotopic (exact) mass is 206 g/mol. The second-order valence-corrected chi connectivity index (χ2v) is 4.14. The Morgan fingerprint density at radius 2 is 2.07 bits per heavy atom. The molecular weight excluding hydrogens is 195 g/mol. The van der Waals surface area contributed by atoms with Gasteiger partial charge in [-0.15, -0.1) is 0 Å². The molecule has 4 heteroatoms. The van der Waals surface area contributed by atoms with Crippen LogP contribution in [0.3, 0.4) is 0 Å². The van der Waals surface area contributed by atoms with E-state index in [-0.39, 0.29) is 17.8 Å². The summed E-state index contributed by atoms with van der Waals surface area (Å²) in [4.78, 5) is 11.7. The Balaban J connectivity index is 1.95. The van der Waals surface area contributed by atoms with Crippen LogP contribution >= 0.6 is 0 Å². The number of carbonyl (C=O) groups is 1. The number of fused-ring (bicyclic) bond motifs is 1. The number of nitrogens with one attached hydrogen (secondary N) is 2. The highest BCUT2D eigenvalue weighted by molar-refractivity contribution is 6.03. The third-order valence-electron chi connectivity index (χ3n) is 2.93. The molecule has 1 aliphatic heterocycles. The summed E-state index contributed by atoms with van der Waals surface area (Å²) in [6.07, 6.45) is 2.16. The summed E-state index contributed by atoms with van der Waals surface area (Å²) in [5.41, 5.74) is 1.35. The lowest BCUT2D eigenvalue weighted by atomic mass is 10.1. The van der Waals surface area contributed by atoms with Crippen molar-refractivity contribution in [2.75, 3.05) is 10.6 Å². The molecule has 0 radical (unpaired) electrons. The zero-order chi connectivity index (χ0) is 10.4. The van der Waals surface area contributed by atoms with E-state index in [2.05, 4.69) is 10.6 Å². The van der Waals surface area contributed by atoms with Crippen molar-refractivity contribution >= 4 is 17.3 Å². The fourth-order valence-electron chi connectivity index (χ4n) is 1.95. The number of amides is 1. The molecular formula is C11H11FN2O. The Labute approximate surface area is 86.7 Å². The van der Waals surface area contributed by atoms with Crippen LogP contribution in [0.4, 0.5) is 15.8 Å². The van der Waals surface area contributed by atoms with Crippen LogP contribution in [0.5, 0.6) is 0 Å². The summed E-state index contributed by atoms with van der Waals surface area (Å²) >= 11 is 0. The van der Waals surface area contributed by atoms with E-state index in [1.54, 1.807) is 6.07 Å². The minimum Gasteiger partial charge on any atom is -0.372 e. The highest BCUT2D eigenvalue weighted by Gasteiger charge is 2.38. The minimum atomic E-state index is -0.285. The molecule has 2 aliphatic rings. The number of carbonyl (C=O) groups excluding carboxylic acids is 1. The molecule has 2 N–H and O–H groups in total. The van der Waals surface area contributed by atoms with Crippen LogP contribution in [0.25, 0.3) is 0 Å². The molecule has 1 heterocycles. The third-order valence-corrected chi connectivity index (χ3v) is 2.93. The van der Waals surface area contributed by atoms with E-state index in [4.69, 9.17) is 0 Å². The van der Waals surface area contributed by atoms with E-state index in [1.165, 1.54) is 12.1 Å². The molecule has 1 aliphatic carbocycles. The predicted molar refractivity (Wildman–Crippen MR) is 55.2 cm³/mol. The zero-order valence-corrected chi connectivity index (χ0v) is 8.09. The molecule has 1 amide bonds. The molecule has 0 aromatic heterocycles. The van der Waals surface area contributed by atoms with Crippen molar-refractivity contribution in [3.63, 3.8) is 0 Å². The molecule has 1 fully saturated rings. The van der Waals surface area contributed by atoms with Crippen LogP contribution < -0.4 is 10.6 Å². The van der Waals surface area contributed by atoms with E-state index >= 15 is 0 Å². The van der Waals surface area contributed by atoms with Gasteiger partial charge < -0.3 is 10.6 Å². The summed E-state index contributed by atoms with van der Waals surface area (Å²) in [7, 11) is 0. The van der Waals surface area contributed by atoms with Gasteiger partial charge in [-0.1, -0.05) is 0 Å². The molecule has 3 rings (SSSR count). The fraction of sp³-hybridized carbons (Fsp3) is 0.364. The van der Waals surface area contributed by atoms with Gasteiger partial charge in [0.2, 0.25) is 5.91 Å². The number of rotatable bonds is 1. The van der Waals surface area contributed by atoms with Crippen LogP contribution in [-0.2, 0) is 4.79 Å². The maximum Gasteiger partial charge on any atom is 0.247 e. The predicted octanol–water partition coefficient (Wildman–Crippen LogP) is 1.97. The lowest BCUT2D eigenvalue weighted by molar-refractivity contribution is -0.117. The summed E-state index contributed by atoms with van der Waals surface area (Å²) in [6, 6.07) is 4.17. The molecule has 0 bridgehead atoms. The summed E-state index contributed by atoms with van der Waals surface area (Å²) in [5.74, 6) is 0.130. The van der Waals surface area contributed by atoms with Crippen molar-refractivity contribution < 1.29 is 9.18 Å². The largest absolute Gasteiger partial charge is 0.372 e. The molecule has 78 valence electrons. The second kappa shape index (κ2) is 2.95. The molecule has 0 saturated heterocycles. The highest BCUT2D eigenvalue weighted by Crippen LogP contribution is 2.38. The molecule has 1 aromatic rings. The SMILES string of the molecule is O=C1Nc2ccc(F)cc2NC1C1CC1. The first-order chi connectivity index (χ1) is 7.24. The number of hydrogen-bond donors (Lipinski definition) is 2. The van der Waals surface area contributed by atoms with Crippen LogP contribution in [0, 0.1) is 11.7 Å². The fourth-order valence-corrected chi connectivity index (χ4v) is 1.95. The van der Waals surface area contributed by atoms with Crippen molar-refractivity contribution in [2.45, 2.75) is 18.9 Å². The van der Waals surface area contributed by atoms with E-state index in [0.717, 1.165) is 12.8 Å². The van der Waals surface area contributed by atoms with E-state index in [1.807, 2.05) is 0 Å². The second-order valence-electron chi connectivity index (χ2n) is 4.14. The van der Waals surface area contributed by atoms with Gasteiger partial charge in [-0.25, -0.2) is 4.39 Å². The molecule has 3 nitrogen and oxygen atoms in total. The Morgan fingerprint density at radius 3 is 2.80 bits per heavy atom. The van der Waals surface area contributed by atoms with Crippen molar-refractivity contribution in [1.82, 2.24) is 0 Å². The highest BCUT2D eigenvalue weighted by atomic mass is 19.1. The first kappa shape index (κ1) is 8.71. The molecule has 0 spiro atoms. The van der Waals surface area contributed by atoms with E-state index < -0.39 is 0 Å². The quantitative estimate of drug-likeness (QED) is 0.737. The number of benzene rings is 1. The lowest BCUT2D eigenvalue weighted by Gasteiger charge is -2.26. The van der Waals surface area contributed by atoms with Crippen molar-refractivity contribution in [1.29, 1.82) is 0 Å². The number of halogens is 1. The van der Waals surface area contributed by atoms with Gasteiger partial charge in [0.25, 0.3) is 0 Å². The maximum absolute atomic E-state index is 13.0. The lowest BCUT2D eigenvalue weighted by Crippen LogP contribution is -2.40. The van der Waals surface area contributed by atoms with Crippen molar-refractivity contribution in [3.8, 4) is 0 Å². The Bertz CT molecular complexity index is 429. The van der Waals surface area contributed by atoms with Crippen LogP contribution in [0.15, 0.2) is 18.2 Å². The van der Waals surface area contributed by atoms with Crippen LogP contribution in [-0.4, -0.2) is 11.9 Å². The average molecular weight is 206 g/mol. The Morgan fingerprint density at radius 1 is 1.27 bits per heavy atom. The van der Waals surface area contributed by atoms with Crippen LogP contribution in [0.2, 0.25) is 0 Å². The van der Waals surface area contributed by atoms with Crippen molar-refractivity contribution in [3.05, 3.63) is 24.0 Å². The molecule has 15 heavy (non-hydrogen) atoms. The van der Waals surface area contributed by atoms with Gasteiger partial charge in [0.1, 0.15) is 11.9 Å². The molecule has 1 unspecified atom stereocenters. The Kier molecular flexibility index (Phi) is 1.71. The van der Waals surface area contributed by atoms with Gasteiger partial charge in [-0.05, 0) is 37.0 Å². The van der Waals surface area contributed by atoms with Gasteiger partial charge in [-0.2, -0.15) is 0 Å². The van der Waals surface area contributed by atoms with E-state index in [9.17, 15) is 9.18 Å². The van der Waals surface area contributed by atoms with E-state index in [0.29, 0.717) is 17.3 Å². The van der Waals surface area contributed by atoms with Gasteiger partial charge in [0.05, 0.1) is 11.4 Å². The molecule has 1 atom stereocenters. The average Bonchev–Trinajstić information content (AvgIpc) is 3.01. The third kappa shape index (κ3) is 1.46. The number of anilines is 2. The summed E-state index contributed by atoms with van der Waals surface area (Å²) in [5, 5.41) is 5.89. The van der Waals surface area contributed by atoms with Gasteiger partial charge in [-0.3, -0.25) is 4.79 Å². The number of hydrogen-bond acceptors (Lipinski definition) is 2. The standard InChI is InChI=1S/C11H11FN2O/c12-7-3-4-8-9(5-7)13-10(6-1-2-6)11(15)14-8/h3-6,10,13H,1-2H2,(H,14,15). The summed E-state index contributed by atoms with van der Waals surface area (Å²) < 4.78 is 13.0. The van der Waals surface area contributed by atoms with Gasteiger partial charge >= 0.3 is 0 Å². The summed E-state index contributed by atoms with van der Waals surface area (Å²) in [6.45, 7) is 0. The minimum absolute atomic E-state index is 0.00314. The smallest absolute Gasteiger partial charge is 0.247 e. The van der Waals surface area contributed by atoms with Gasteiger partial charge in [0, 0.05) is 0 Å². The first-order valence-corrected chi connectivity index (χ1v) is 5.11. The molecule has 1 saturated carbocycles. The van der Waals surface area contributed by atoms with Gasteiger partial charge in [0.15, 0.2) is 0 Å². The Hall–Kier alpha value is -1.58. The maximum atomic E-state index is 13.0. The normalized spacial score (nSPS) is 24.1. The first-order valence-electron chi connectivity index (χ1n) is 5.11. The van der Waals surface area contributed by atoms with Crippen molar-refractivity contribution in [2.24, 2.45) is 5.92 Å². The zero-order valence-electron chi connectivity index (χ0n) is 8.09. The topological polar surface area (TPSA) is 41.1 Å².